The van der Waals surface area contributed by atoms with Crippen molar-refractivity contribution < 1.29 is 9.15 Å². The highest BCUT2D eigenvalue weighted by Gasteiger charge is 2.13. The highest BCUT2D eigenvalue weighted by molar-refractivity contribution is 5.16. The second kappa shape index (κ2) is 5.30. The average molecular weight is 210 g/mol. The van der Waals surface area contributed by atoms with Crippen LogP contribution in [-0.2, 0) is 17.8 Å². The fourth-order valence-electron chi connectivity index (χ4n) is 1.85. The van der Waals surface area contributed by atoms with Crippen molar-refractivity contribution in [1.29, 1.82) is 0 Å². The van der Waals surface area contributed by atoms with Crippen LogP contribution in [0.25, 0.3) is 0 Å². The Bertz CT molecular complexity index is 291. The monoisotopic (exact) mass is 210 g/mol. The molecule has 0 atom stereocenters. The van der Waals surface area contributed by atoms with E-state index in [1.807, 2.05) is 6.07 Å². The van der Waals surface area contributed by atoms with Crippen molar-refractivity contribution in [3.05, 3.63) is 23.7 Å². The molecular formula is C11H18N2O2. The molecule has 0 amide bonds. The molecule has 0 spiro atoms. The molecule has 0 saturated carbocycles. The molecule has 4 heteroatoms. The van der Waals surface area contributed by atoms with Gasteiger partial charge in [0.1, 0.15) is 5.76 Å². The summed E-state index contributed by atoms with van der Waals surface area (Å²) in [5, 5.41) is 0. The molecule has 2 rings (SSSR count). The Morgan fingerprint density at radius 1 is 1.33 bits per heavy atom. The minimum absolute atomic E-state index is 0.552. The largest absolute Gasteiger partial charge is 0.468 e. The fourth-order valence-corrected chi connectivity index (χ4v) is 1.85. The van der Waals surface area contributed by atoms with Gasteiger partial charge in [-0.1, -0.05) is 0 Å². The van der Waals surface area contributed by atoms with Crippen molar-refractivity contribution >= 4 is 0 Å². The van der Waals surface area contributed by atoms with E-state index in [-0.39, 0.29) is 0 Å². The van der Waals surface area contributed by atoms with Crippen LogP contribution >= 0.6 is 0 Å². The molecule has 1 aliphatic rings. The minimum atomic E-state index is 0.552. The fraction of sp³-hybridized carbons (Fsp3) is 0.636. The summed E-state index contributed by atoms with van der Waals surface area (Å²) in [6.07, 6.45) is 2.81. The third-order valence-corrected chi connectivity index (χ3v) is 2.74. The first-order valence-corrected chi connectivity index (χ1v) is 5.45. The van der Waals surface area contributed by atoms with E-state index < -0.39 is 0 Å². The number of furan rings is 1. The number of nitrogens with two attached hydrogens (primary N) is 1. The van der Waals surface area contributed by atoms with Crippen LogP contribution in [0.2, 0.25) is 0 Å². The summed E-state index contributed by atoms with van der Waals surface area (Å²) in [6.45, 7) is 5.14. The second-order valence-corrected chi connectivity index (χ2v) is 3.82. The molecule has 4 nitrogen and oxygen atoms in total. The summed E-state index contributed by atoms with van der Waals surface area (Å²) in [5.74, 6) is 0.999. The molecule has 1 aromatic heterocycles. The van der Waals surface area contributed by atoms with Gasteiger partial charge in [0.2, 0.25) is 0 Å². The van der Waals surface area contributed by atoms with Gasteiger partial charge in [0.15, 0.2) is 0 Å². The highest BCUT2D eigenvalue weighted by atomic mass is 16.5. The minimum Gasteiger partial charge on any atom is -0.468 e. The van der Waals surface area contributed by atoms with Crippen LogP contribution in [0, 0.1) is 0 Å². The zero-order valence-corrected chi connectivity index (χ0v) is 8.95. The Hall–Kier alpha value is -0.840. The summed E-state index contributed by atoms with van der Waals surface area (Å²) < 4.78 is 10.8. The Morgan fingerprint density at radius 2 is 2.27 bits per heavy atom. The molecule has 0 bridgehead atoms. The number of rotatable bonds is 3. The van der Waals surface area contributed by atoms with Crippen LogP contribution < -0.4 is 5.73 Å². The smallest absolute Gasteiger partial charge is 0.122 e. The zero-order chi connectivity index (χ0) is 10.5. The molecule has 1 saturated heterocycles. The lowest BCUT2D eigenvalue weighted by Gasteiger charge is -2.17. The molecule has 0 aromatic carbocycles. The van der Waals surface area contributed by atoms with Crippen LogP contribution in [0.15, 0.2) is 16.7 Å². The molecule has 15 heavy (non-hydrogen) atoms. The molecule has 0 aliphatic carbocycles. The number of ether oxygens (including phenoxy) is 1. The lowest BCUT2D eigenvalue weighted by molar-refractivity contribution is 0.139. The van der Waals surface area contributed by atoms with E-state index in [1.165, 1.54) is 0 Å². The molecule has 1 fully saturated rings. The van der Waals surface area contributed by atoms with Gasteiger partial charge in [-0.15, -0.1) is 0 Å². The lowest BCUT2D eigenvalue weighted by atomic mass is 10.2. The maximum atomic E-state index is 5.63. The van der Waals surface area contributed by atoms with Crippen molar-refractivity contribution in [2.24, 2.45) is 5.73 Å². The van der Waals surface area contributed by atoms with E-state index in [4.69, 9.17) is 14.9 Å². The van der Waals surface area contributed by atoms with Crippen LogP contribution in [0.4, 0.5) is 0 Å². The summed E-state index contributed by atoms with van der Waals surface area (Å²) in [4.78, 5) is 2.35. The predicted octanol–water partition coefficient (Wildman–Crippen LogP) is 0.961. The Balaban J connectivity index is 1.94. The summed E-state index contributed by atoms with van der Waals surface area (Å²) >= 11 is 0. The molecule has 1 aromatic rings. The molecule has 0 radical (unpaired) electrons. The van der Waals surface area contributed by atoms with Gasteiger partial charge in [0, 0.05) is 31.8 Å². The maximum Gasteiger partial charge on any atom is 0.122 e. The third-order valence-electron chi connectivity index (χ3n) is 2.74. The van der Waals surface area contributed by atoms with Crippen molar-refractivity contribution in [2.45, 2.75) is 19.5 Å². The van der Waals surface area contributed by atoms with Crippen LogP contribution in [0.3, 0.4) is 0 Å². The number of nitrogens with zero attached hydrogens (tertiary/aromatic N) is 1. The van der Waals surface area contributed by atoms with E-state index in [1.54, 1.807) is 6.26 Å². The van der Waals surface area contributed by atoms with Gasteiger partial charge in [-0.3, -0.25) is 4.90 Å². The van der Waals surface area contributed by atoms with Gasteiger partial charge in [0.05, 0.1) is 19.4 Å². The maximum absolute atomic E-state index is 5.63. The Labute approximate surface area is 90.0 Å². The van der Waals surface area contributed by atoms with E-state index >= 15 is 0 Å². The first-order chi connectivity index (χ1) is 7.40. The molecule has 0 unspecified atom stereocenters. The Morgan fingerprint density at radius 3 is 3.13 bits per heavy atom. The van der Waals surface area contributed by atoms with Gasteiger partial charge >= 0.3 is 0 Å². The SMILES string of the molecule is NCc1ccoc1CN1CCCOCC1. The quantitative estimate of drug-likeness (QED) is 0.807. The van der Waals surface area contributed by atoms with E-state index in [0.29, 0.717) is 6.54 Å². The van der Waals surface area contributed by atoms with Crippen LogP contribution in [0.1, 0.15) is 17.7 Å². The first-order valence-electron chi connectivity index (χ1n) is 5.45. The summed E-state index contributed by atoms with van der Waals surface area (Å²) in [7, 11) is 0. The summed E-state index contributed by atoms with van der Waals surface area (Å²) in [6, 6.07) is 1.95. The lowest BCUT2D eigenvalue weighted by Crippen LogP contribution is -2.26. The van der Waals surface area contributed by atoms with Crippen molar-refractivity contribution in [1.82, 2.24) is 4.90 Å². The molecule has 84 valence electrons. The number of hydrogen-bond acceptors (Lipinski definition) is 4. The van der Waals surface area contributed by atoms with E-state index in [0.717, 1.165) is 50.6 Å². The van der Waals surface area contributed by atoms with Crippen molar-refractivity contribution in [3.63, 3.8) is 0 Å². The van der Waals surface area contributed by atoms with Crippen LogP contribution in [0.5, 0.6) is 0 Å². The van der Waals surface area contributed by atoms with Gasteiger partial charge in [-0.2, -0.15) is 0 Å². The van der Waals surface area contributed by atoms with Gasteiger partial charge in [-0.25, -0.2) is 0 Å². The van der Waals surface area contributed by atoms with E-state index in [9.17, 15) is 0 Å². The number of hydrogen-bond donors (Lipinski definition) is 1. The van der Waals surface area contributed by atoms with Gasteiger partial charge in [0.25, 0.3) is 0 Å². The Kier molecular flexibility index (Phi) is 3.77. The molecular weight excluding hydrogens is 192 g/mol. The summed E-state index contributed by atoms with van der Waals surface area (Å²) in [5.41, 5.74) is 6.74. The molecule has 1 aliphatic heterocycles. The zero-order valence-electron chi connectivity index (χ0n) is 8.95. The first kappa shape index (κ1) is 10.7. The van der Waals surface area contributed by atoms with Gasteiger partial charge in [-0.05, 0) is 12.5 Å². The van der Waals surface area contributed by atoms with E-state index in [2.05, 4.69) is 4.90 Å². The average Bonchev–Trinajstić information content (AvgIpc) is 2.53. The predicted molar refractivity (Wildman–Crippen MR) is 57.3 cm³/mol. The highest BCUT2D eigenvalue weighted by Crippen LogP contribution is 2.13. The molecule has 2 N–H and O–H groups in total. The topological polar surface area (TPSA) is 51.6 Å². The second-order valence-electron chi connectivity index (χ2n) is 3.82. The van der Waals surface area contributed by atoms with Crippen molar-refractivity contribution in [2.75, 3.05) is 26.3 Å². The molecule has 2 heterocycles. The van der Waals surface area contributed by atoms with Crippen LogP contribution in [-0.4, -0.2) is 31.2 Å². The van der Waals surface area contributed by atoms with Crippen molar-refractivity contribution in [3.8, 4) is 0 Å². The van der Waals surface area contributed by atoms with Gasteiger partial charge < -0.3 is 14.9 Å². The standard InChI is InChI=1S/C11H18N2O2/c12-8-10-2-6-15-11(10)9-13-3-1-5-14-7-4-13/h2,6H,1,3-5,7-9,12H2. The normalized spacial score (nSPS) is 19.0. The third kappa shape index (κ3) is 2.81.